The summed E-state index contributed by atoms with van der Waals surface area (Å²) in [6, 6.07) is 66.8. The van der Waals surface area contributed by atoms with Gasteiger partial charge in [-0.15, -0.1) is 0 Å². The maximum absolute atomic E-state index is 6.72. The number of nitrogens with zero attached hydrogens (tertiary/aromatic N) is 1. The number of fused-ring (bicyclic) bond motifs is 9. The molecule has 0 radical (unpaired) electrons. The van der Waals surface area contributed by atoms with Crippen LogP contribution >= 0.6 is 0 Å². The summed E-state index contributed by atoms with van der Waals surface area (Å²) in [6.07, 6.45) is 0. The van der Waals surface area contributed by atoms with Gasteiger partial charge in [-0.25, -0.2) is 0 Å². The molecule has 9 aromatic carbocycles. The van der Waals surface area contributed by atoms with Gasteiger partial charge in [0.05, 0.1) is 11.1 Å². The molecule has 0 unspecified atom stereocenters. The van der Waals surface area contributed by atoms with E-state index in [1.807, 2.05) is 18.2 Å². The Kier molecular flexibility index (Phi) is 6.55. The third-order valence-electron chi connectivity index (χ3n) is 10.7. The van der Waals surface area contributed by atoms with Crippen molar-refractivity contribution in [2.75, 3.05) is 4.90 Å². The molecule has 53 heavy (non-hydrogen) atoms. The molecule has 0 saturated carbocycles. The van der Waals surface area contributed by atoms with Crippen LogP contribution in [-0.4, -0.2) is 0 Å². The maximum atomic E-state index is 6.72. The van der Waals surface area contributed by atoms with Crippen LogP contribution in [0, 0.1) is 0 Å². The normalized spacial score (nSPS) is 11.8. The second kappa shape index (κ2) is 11.7. The monoisotopic (exact) mass is 677 g/mol. The predicted molar refractivity (Wildman–Crippen MR) is 222 cm³/mol. The Morgan fingerprint density at radius 2 is 1.00 bits per heavy atom. The third kappa shape index (κ3) is 4.75. The van der Waals surface area contributed by atoms with E-state index in [1.54, 1.807) is 0 Å². The molecule has 11 aromatic rings. The highest BCUT2D eigenvalue weighted by Crippen LogP contribution is 2.46. The summed E-state index contributed by atoms with van der Waals surface area (Å²) in [5.41, 5.74) is 11.2. The Morgan fingerprint density at radius 1 is 0.340 bits per heavy atom. The first-order chi connectivity index (χ1) is 26.3. The fourth-order valence-corrected chi connectivity index (χ4v) is 8.13. The van der Waals surface area contributed by atoms with Crippen molar-refractivity contribution < 1.29 is 8.83 Å². The minimum absolute atomic E-state index is 0.848. The van der Waals surface area contributed by atoms with Crippen molar-refractivity contribution in [2.24, 2.45) is 0 Å². The molecule has 0 aliphatic carbocycles. The smallest absolute Gasteiger partial charge is 0.143 e. The van der Waals surface area contributed by atoms with Gasteiger partial charge in [0.25, 0.3) is 0 Å². The van der Waals surface area contributed by atoms with Crippen LogP contribution < -0.4 is 4.90 Å². The van der Waals surface area contributed by atoms with Gasteiger partial charge in [0, 0.05) is 33.1 Å². The first kappa shape index (κ1) is 29.6. The molecule has 0 amide bonds. The Bertz CT molecular complexity index is 3170. The van der Waals surface area contributed by atoms with E-state index >= 15 is 0 Å². The van der Waals surface area contributed by atoms with Crippen molar-refractivity contribution in [1.82, 2.24) is 0 Å². The Balaban J connectivity index is 1.11. The molecule has 0 saturated heterocycles. The topological polar surface area (TPSA) is 29.5 Å². The van der Waals surface area contributed by atoms with Gasteiger partial charge in [-0.2, -0.15) is 0 Å². The van der Waals surface area contributed by atoms with Gasteiger partial charge in [0.1, 0.15) is 22.3 Å². The Morgan fingerprint density at radius 3 is 1.89 bits per heavy atom. The lowest BCUT2D eigenvalue weighted by atomic mass is 9.97. The molecule has 0 aliphatic heterocycles. The predicted octanol–water partition coefficient (Wildman–Crippen LogP) is 14.6. The van der Waals surface area contributed by atoms with Gasteiger partial charge < -0.3 is 13.7 Å². The summed E-state index contributed by atoms with van der Waals surface area (Å²) in [5, 5.41) is 9.37. The summed E-state index contributed by atoms with van der Waals surface area (Å²) in [7, 11) is 0. The van der Waals surface area contributed by atoms with Gasteiger partial charge in [-0.05, 0) is 92.8 Å². The van der Waals surface area contributed by atoms with E-state index in [0.717, 1.165) is 72.1 Å². The second-order valence-corrected chi connectivity index (χ2v) is 13.7. The molecule has 0 bridgehead atoms. The summed E-state index contributed by atoms with van der Waals surface area (Å²) >= 11 is 0. The molecular weight excluding hydrogens is 647 g/mol. The van der Waals surface area contributed by atoms with Crippen molar-refractivity contribution in [3.05, 3.63) is 188 Å². The highest BCUT2D eigenvalue weighted by atomic mass is 16.3. The summed E-state index contributed by atoms with van der Waals surface area (Å²) in [4.78, 5) is 2.35. The van der Waals surface area contributed by atoms with E-state index in [-0.39, 0.29) is 0 Å². The largest absolute Gasteiger partial charge is 0.456 e. The minimum atomic E-state index is 0.848. The molecule has 3 heteroatoms. The second-order valence-electron chi connectivity index (χ2n) is 13.7. The lowest BCUT2D eigenvalue weighted by molar-refractivity contribution is 0.669. The zero-order chi connectivity index (χ0) is 34.9. The fourth-order valence-electron chi connectivity index (χ4n) is 8.13. The Labute approximate surface area is 305 Å². The van der Waals surface area contributed by atoms with Crippen molar-refractivity contribution in [3.8, 4) is 22.3 Å². The van der Waals surface area contributed by atoms with Gasteiger partial charge in [0.15, 0.2) is 0 Å². The molecule has 0 spiro atoms. The van der Waals surface area contributed by atoms with Crippen molar-refractivity contribution in [2.45, 2.75) is 0 Å². The van der Waals surface area contributed by atoms with Crippen LogP contribution in [0.2, 0.25) is 0 Å². The maximum Gasteiger partial charge on any atom is 0.143 e. The summed E-state index contributed by atoms with van der Waals surface area (Å²) in [5.74, 6) is 0. The summed E-state index contributed by atoms with van der Waals surface area (Å²) in [6.45, 7) is 0. The van der Waals surface area contributed by atoms with E-state index in [9.17, 15) is 0 Å². The number of hydrogen-bond acceptors (Lipinski definition) is 3. The van der Waals surface area contributed by atoms with Crippen LogP contribution in [0.4, 0.5) is 17.1 Å². The molecule has 248 valence electrons. The van der Waals surface area contributed by atoms with Crippen LogP contribution in [0.3, 0.4) is 0 Å². The van der Waals surface area contributed by atoms with Gasteiger partial charge in [0.2, 0.25) is 0 Å². The number of para-hydroxylation sites is 2. The minimum Gasteiger partial charge on any atom is -0.456 e. The molecule has 0 aliphatic rings. The van der Waals surface area contributed by atoms with E-state index in [0.29, 0.717) is 0 Å². The van der Waals surface area contributed by atoms with Crippen molar-refractivity contribution in [1.29, 1.82) is 0 Å². The standard InChI is InChI=1S/C50H31NO2/c1-2-10-33(11-3-1)40-15-8-16-42-49-45(17-9-19-48(49)53-50(40)42)51(38-28-29-47-44(31-38)41-14-6-7-18-46(41)52-47)37-26-24-32(25-27-37)36-23-22-35-21-20-34-12-4-5-13-39(34)43(35)30-36/h1-31H. The molecule has 3 nitrogen and oxygen atoms in total. The molecule has 11 rings (SSSR count). The van der Waals surface area contributed by atoms with E-state index in [2.05, 4.69) is 175 Å². The molecule has 2 aromatic heterocycles. The van der Waals surface area contributed by atoms with E-state index in [4.69, 9.17) is 8.83 Å². The number of furan rings is 2. The van der Waals surface area contributed by atoms with E-state index in [1.165, 1.54) is 32.7 Å². The molecule has 0 atom stereocenters. The fraction of sp³-hybridized carbons (Fsp3) is 0. The number of anilines is 3. The average Bonchev–Trinajstić information content (AvgIpc) is 3.80. The number of hydrogen-bond donors (Lipinski definition) is 0. The molecular formula is C50H31NO2. The van der Waals surface area contributed by atoms with Crippen molar-refractivity contribution >= 4 is 82.5 Å². The SMILES string of the molecule is c1ccc(-c2cccc3c2oc2cccc(N(c4ccc(-c5ccc6ccc7ccccc7c6c5)cc4)c4ccc5oc6ccccc6c5c4)c23)cc1. The zero-order valence-corrected chi connectivity index (χ0v) is 28.7. The quantitative estimate of drug-likeness (QED) is 0.170. The van der Waals surface area contributed by atoms with Crippen LogP contribution in [0.1, 0.15) is 0 Å². The molecule has 0 N–H and O–H groups in total. The van der Waals surface area contributed by atoms with Gasteiger partial charge >= 0.3 is 0 Å². The van der Waals surface area contributed by atoms with Gasteiger partial charge in [-0.3, -0.25) is 0 Å². The Hall–Kier alpha value is -7.10. The van der Waals surface area contributed by atoms with Crippen LogP contribution in [0.25, 0.3) is 87.7 Å². The lowest BCUT2D eigenvalue weighted by Gasteiger charge is -2.26. The number of rotatable bonds is 5. The van der Waals surface area contributed by atoms with Crippen LogP contribution in [0.5, 0.6) is 0 Å². The highest BCUT2D eigenvalue weighted by Gasteiger charge is 2.22. The first-order valence-electron chi connectivity index (χ1n) is 18.0. The van der Waals surface area contributed by atoms with Crippen molar-refractivity contribution in [3.63, 3.8) is 0 Å². The third-order valence-corrected chi connectivity index (χ3v) is 10.7. The van der Waals surface area contributed by atoms with Gasteiger partial charge in [-0.1, -0.05) is 133 Å². The van der Waals surface area contributed by atoms with E-state index < -0.39 is 0 Å². The highest BCUT2D eigenvalue weighted by molar-refractivity contribution is 6.17. The molecule has 0 fully saturated rings. The summed E-state index contributed by atoms with van der Waals surface area (Å²) < 4.78 is 13.0. The van der Waals surface area contributed by atoms with Crippen LogP contribution in [-0.2, 0) is 0 Å². The average molecular weight is 678 g/mol. The van der Waals surface area contributed by atoms with Crippen LogP contribution in [0.15, 0.2) is 197 Å². The lowest BCUT2D eigenvalue weighted by Crippen LogP contribution is -2.10. The molecule has 2 heterocycles. The number of benzene rings is 9. The zero-order valence-electron chi connectivity index (χ0n) is 28.7. The first-order valence-corrected chi connectivity index (χ1v) is 18.0.